The van der Waals surface area contributed by atoms with Gasteiger partial charge in [-0.3, -0.25) is 0 Å². The van der Waals surface area contributed by atoms with Crippen LogP contribution in [0.25, 0.3) is 0 Å². The number of amides is 1. The zero-order valence-corrected chi connectivity index (χ0v) is 8.29. The Kier molecular flexibility index (Phi) is 3.21. The van der Waals surface area contributed by atoms with Gasteiger partial charge in [0.1, 0.15) is 6.61 Å². The summed E-state index contributed by atoms with van der Waals surface area (Å²) in [5.74, 6) is 0. The van der Waals surface area contributed by atoms with Crippen molar-refractivity contribution >= 4 is 6.09 Å². The lowest BCUT2D eigenvalue weighted by molar-refractivity contribution is 0.129. The Labute approximate surface area is 83.7 Å². The van der Waals surface area contributed by atoms with Crippen molar-refractivity contribution in [3.05, 3.63) is 0 Å². The van der Waals surface area contributed by atoms with Gasteiger partial charge < -0.3 is 4.74 Å². The third-order valence-electron chi connectivity index (χ3n) is 2.77. The number of carbonyl (C=O) groups excluding carboxylic acids is 1. The van der Waals surface area contributed by atoms with E-state index < -0.39 is 0 Å². The first-order valence-electron chi connectivity index (χ1n) is 5.32. The molecule has 80 valence electrons. The first kappa shape index (κ1) is 9.73. The summed E-state index contributed by atoms with van der Waals surface area (Å²) >= 11 is 0. The zero-order valence-electron chi connectivity index (χ0n) is 8.29. The average Bonchev–Trinajstić information content (AvgIpc) is 2.63. The highest BCUT2D eigenvalue weighted by Crippen LogP contribution is 2.16. The second-order valence-corrected chi connectivity index (χ2v) is 3.86. The van der Waals surface area contributed by atoms with E-state index in [4.69, 9.17) is 4.74 Å². The normalized spacial score (nSPS) is 24.0. The molecule has 0 unspecified atom stereocenters. The molecule has 14 heavy (non-hydrogen) atoms. The smallest absolute Gasteiger partial charge is 0.425 e. The standard InChI is InChI=1S/C9H17N3O2/c13-9-12(6-7-14-9)11-10-8-4-2-1-3-5-8/h8,10-11H,1-7H2. The maximum absolute atomic E-state index is 11.0. The number of carbonyl (C=O) groups is 1. The van der Waals surface area contributed by atoms with Crippen LogP contribution in [0, 0.1) is 0 Å². The van der Waals surface area contributed by atoms with Gasteiger partial charge in [-0.15, -0.1) is 0 Å². The monoisotopic (exact) mass is 199 g/mol. The van der Waals surface area contributed by atoms with Crippen LogP contribution in [-0.4, -0.2) is 30.3 Å². The minimum Gasteiger partial charge on any atom is -0.446 e. The lowest BCUT2D eigenvalue weighted by Gasteiger charge is -2.25. The Bertz CT molecular complexity index is 204. The SMILES string of the molecule is O=C1OCCN1NNC1CCCCC1. The maximum Gasteiger partial charge on any atom is 0.425 e. The van der Waals surface area contributed by atoms with Gasteiger partial charge in [-0.1, -0.05) is 19.3 Å². The van der Waals surface area contributed by atoms with Crippen molar-refractivity contribution in [2.24, 2.45) is 0 Å². The number of hydrazine groups is 2. The Hall–Kier alpha value is -0.810. The van der Waals surface area contributed by atoms with E-state index in [9.17, 15) is 4.79 Å². The molecule has 2 aliphatic rings. The highest BCUT2D eigenvalue weighted by atomic mass is 16.6. The third-order valence-corrected chi connectivity index (χ3v) is 2.77. The summed E-state index contributed by atoms with van der Waals surface area (Å²) in [4.78, 5) is 11.0. The first-order chi connectivity index (χ1) is 6.86. The van der Waals surface area contributed by atoms with E-state index in [2.05, 4.69) is 11.0 Å². The van der Waals surface area contributed by atoms with Crippen LogP contribution in [0.5, 0.6) is 0 Å². The van der Waals surface area contributed by atoms with E-state index in [0.29, 0.717) is 19.2 Å². The van der Waals surface area contributed by atoms with E-state index in [1.165, 1.54) is 37.1 Å². The largest absolute Gasteiger partial charge is 0.446 e. The van der Waals surface area contributed by atoms with Gasteiger partial charge >= 0.3 is 6.09 Å². The summed E-state index contributed by atoms with van der Waals surface area (Å²) in [5, 5.41) is 1.48. The highest BCUT2D eigenvalue weighted by Gasteiger charge is 2.22. The Morgan fingerprint density at radius 3 is 2.71 bits per heavy atom. The number of nitrogens with one attached hydrogen (secondary N) is 2. The van der Waals surface area contributed by atoms with Crippen molar-refractivity contribution in [3.63, 3.8) is 0 Å². The molecule has 0 aromatic carbocycles. The molecule has 1 saturated heterocycles. The van der Waals surface area contributed by atoms with Crippen molar-refractivity contribution < 1.29 is 9.53 Å². The predicted molar refractivity (Wildman–Crippen MR) is 51.2 cm³/mol. The fourth-order valence-electron chi connectivity index (χ4n) is 1.91. The molecule has 1 saturated carbocycles. The van der Waals surface area contributed by atoms with Gasteiger partial charge in [-0.05, 0) is 12.8 Å². The summed E-state index contributed by atoms with van der Waals surface area (Å²) in [6, 6.07) is 0.497. The summed E-state index contributed by atoms with van der Waals surface area (Å²) in [6.45, 7) is 1.11. The van der Waals surface area contributed by atoms with Crippen LogP contribution in [-0.2, 0) is 4.74 Å². The van der Waals surface area contributed by atoms with Gasteiger partial charge in [0.25, 0.3) is 0 Å². The molecule has 0 aromatic rings. The van der Waals surface area contributed by atoms with Gasteiger partial charge in [0.15, 0.2) is 0 Å². The molecule has 1 heterocycles. The second-order valence-electron chi connectivity index (χ2n) is 3.86. The molecule has 0 radical (unpaired) electrons. The van der Waals surface area contributed by atoms with Gasteiger partial charge in [0.2, 0.25) is 0 Å². The van der Waals surface area contributed by atoms with E-state index in [1.807, 2.05) is 0 Å². The number of nitrogens with zero attached hydrogens (tertiary/aromatic N) is 1. The average molecular weight is 199 g/mol. The lowest BCUT2D eigenvalue weighted by atomic mass is 9.96. The van der Waals surface area contributed by atoms with Crippen molar-refractivity contribution in [1.29, 1.82) is 0 Å². The number of cyclic esters (lactones) is 1. The molecule has 5 heteroatoms. The molecule has 2 N–H and O–H groups in total. The van der Waals surface area contributed by atoms with Crippen LogP contribution in [0.2, 0.25) is 0 Å². The number of rotatable bonds is 3. The molecular formula is C9H17N3O2. The van der Waals surface area contributed by atoms with Gasteiger partial charge in [0, 0.05) is 6.04 Å². The highest BCUT2D eigenvalue weighted by molar-refractivity contribution is 5.68. The number of hydrogen-bond donors (Lipinski definition) is 2. The second kappa shape index (κ2) is 4.61. The molecule has 0 spiro atoms. The molecule has 1 aliphatic heterocycles. The third kappa shape index (κ3) is 2.36. The van der Waals surface area contributed by atoms with Crippen molar-refractivity contribution in [2.45, 2.75) is 38.1 Å². The lowest BCUT2D eigenvalue weighted by Crippen LogP contribution is -2.51. The summed E-state index contributed by atoms with van der Waals surface area (Å²) in [5.41, 5.74) is 6.08. The zero-order chi connectivity index (χ0) is 9.80. The van der Waals surface area contributed by atoms with Crippen molar-refractivity contribution in [2.75, 3.05) is 13.2 Å². The Morgan fingerprint density at radius 2 is 2.07 bits per heavy atom. The van der Waals surface area contributed by atoms with E-state index in [-0.39, 0.29) is 6.09 Å². The topological polar surface area (TPSA) is 53.6 Å². The fraction of sp³-hybridized carbons (Fsp3) is 0.889. The minimum absolute atomic E-state index is 0.284. The first-order valence-corrected chi connectivity index (χ1v) is 5.32. The molecule has 1 amide bonds. The Morgan fingerprint density at radius 1 is 1.29 bits per heavy atom. The number of ether oxygens (including phenoxy) is 1. The molecule has 2 rings (SSSR count). The van der Waals surface area contributed by atoms with Crippen molar-refractivity contribution in [1.82, 2.24) is 16.0 Å². The fourth-order valence-corrected chi connectivity index (χ4v) is 1.91. The van der Waals surface area contributed by atoms with Gasteiger partial charge in [-0.2, -0.15) is 5.53 Å². The van der Waals surface area contributed by atoms with Crippen LogP contribution in [0.1, 0.15) is 32.1 Å². The van der Waals surface area contributed by atoms with Crippen LogP contribution >= 0.6 is 0 Å². The quantitative estimate of drug-likeness (QED) is 0.659. The van der Waals surface area contributed by atoms with E-state index >= 15 is 0 Å². The summed E-state index contributed by atoms with van der Waals surface area (Å²) in [7, 11) is 0. The van der Waals surface area contributed by atoms with Crippen LogP contribution in [0.15, 0.2) is 0 Å². The molecule has 5 nitrogen and oxygen atoms in total. The molecule has 0 bridgehead atoms. The van der Waals surface area contributed by atoms with E-state index in [0.717, 1.165) is 0 Å². The van der Waals surface area contributed by atoms with Crippen LogP contribution < -0.4 is 11.0 Å². The molecule has 1 aliphatic carbocycles. The molecule has 2 fully saturated rings. The minimum atomic E-state index is -0.284. The van der Waals surface area contributed by atoms with Crippen LogP contribution in [0.4, 0.5) is 4.79 Å². The maximum atomic E-state index is 11.0. The Balaban J connectivity index is 1.68. The molecule has 0 aromatic heterocycles. The van der Waals surface area contributed by atoms with Gasteiger partial charge in [0.05, 0.1) is 6.54 Å². The van der Waals surface area contributed by atoms with Crippen LogP contribution in [0.3, 0.4) is 0 Å². The molecular weight excluding hydrogens is 182 g/mol. The van der Waals surface area contributed by atoms with E-state index in [1.54, 1.807) is 0 Å². The number of hydrogen-bond acceptors (Lipinski definition) is 4. The van der Waals surface area contributed by atoms with Gasteiger partial charge in [-0.25, -0.2) is 15.2 Å². The molecule has 0 atom stereocenters. The summed E-state index contributed by atoms with van der Waals surface area (Å²) in [6.07, 6.45) is 6.00. The van der Waals surface area contributed by atoms with Crippen molar-refractivity contribution in [3.8, 4) is 0 Å². The summed E-state index contributed by atoms with van der Waals surface area (Å²) < 4.78 is 4.79. The predicted octanol–water partition coefficient (Wildman–Crippen LogP) is 0.780.